The van der Waals surface area contributed by atoms with Crippen molar-refractivity contribution in [2.45, 2.75) is 64.0 Å². The standard InChI is InChI=1S/C19H29NO/c1-3-18-17(12-13-21-18)19(20-4-2)16-11-6-5-10-15(16)14-8-7-9-14/h5-6,10-11,14,17-20H,3-4,7-9,12-13H2,1-2H3. The van der Waals surface area contributed by atoms with Crippen molar-refractivity contribution >= 4 is 0 Å². The van der Waals surface area contributed by atoms with E-state index in [-0.39, 0.29) is 0 Å². The molecule has 1 aliphatic heterocycles. The van der Waals surface area contributed by atoms with Gasteiger partial charge in [0.25, 0.3) is 0 Å². The molecule has 2 aliphatic rings. The Morgan fingerprint density at radius 3 is 2.67 bits per heavy atom. The Morgan fingerprint density at radius 1 is 1.19 bits per heavy atom. The summed E-state index contributed by atoms with van der Waals surface area (Å²) in [6, 6.07) is 9.59. The van der Waals surface area contributed by atoms with Gasteiger partial charge in [-0.25, -0.2) is 0 Å². The fourth-order valence-corrected chi connectivity index (χ4v) is 4.06. The Hall–Kier alpha value is -0.860. The molecule has 1 N–H and O–H groups in total. The van der Waals surface area contributed by atoms with Crippen molar-refractivity contribution in [2.75, 3.05) is 13.2 Å². The van der Waals surface area contributed by atoms with E-state index in [1.54, 1.807) is 5.56 Å². The van der Waals surface area contributed by atoms with Crippen LogP contribution in [0.4, 0.5) is 0 Å². The van der Waals surface area contributed by atoms with E-state index in [9.17, 15) is 0 Å². The van der Waals surface area contributed by atoms with Gasteiger partial charge in [0.1, 0.15) is 0 Å². The van der Waals surface area contributed by atoms with Gasteiger partial charge in [0, 0.05) is 18.6 Å². The smallest absolute Gasteiger partial charge is 0.0619 e. The lowest BCUT2D eigenvalue weighted by molar-refractivity contribution is 0.0774. The molecule has 3 rings (SSSR count). The minimum atomic E-state index is 0.420. The molecule has 1 saturated heterocycles. The van der Waals surface area contributed by atoms with E-state index in [1.165, 1.54) is 31.2 Å². The van der Waals surface area contributed by atoms with Crippen LogP contribution in [0.25, 0.3) is 0 Å². The number of nitrogens with one attached hydrogen (secondary N) is 1. The van der Waals surface area contributed by atoms with E-state index in [0.717, 1.165) is 25.5 Å². The molecular weight excluding hydrogens is 258 g/mol. The molecule has 0 aromatic heterocycles. The zero-order valence-electron chi connectivity index (χ0n) is 13.5. The van der Waals surface area contributed by atoms with Crippen molar-refractivity contribution in [2.24, 2.45) is 5.92 Å². The molecule has 0 radical (unpaired) electrons. The molecule has 0 amide bonds. The number of rotatable bonds is 6. The first-order chi connectivity index (χ1) is 10.3. The summed E-state index contributed by atoms with van der Waals surface area (Å²) in [6.07, 6.45) is 6.87. The maximum atomic E-state index is 5.96. The van der Waals surface area contributed by atoms with Gasteiger partial charge in [0.15, 0.2) is 0 Å². The van der Waals surface area contributed by atoms with Crippen molar-refractivity contribution in [3.8, 4) is 0 Å². The largest absolute Gasteiger partial charge is 0.378 e. The van der Waals surface area contributed by atoms with Crippen molar-refractivity contribution in [3.63, 3.8) is 0 Å². The summed E-state index contributed by atoms with van der Waals surface area (Å²) >= 11 is 0. The summed E-state index contributed by atoms with van der Waals surface area (Å²) < 4.78 is 5.96. The molecule has 21 heavy (non-hydrogen) atoms. The maximum Gasteiger partial charge on any atom is 0.0619 e. The number of ether oxygens (including phenoxy) is 1. The van der Waals surface area contributed by atoms with Crippen LogP contribution < -0.4 is 5.32 Å². The third kappa shape index (κ3) is 3.02. The summed E-state index contributed by atoms with van der Waals surface area (Å²) in [5.74, 6) is 1.42. The molecule has 3 unspecified atom stereocenters. The Balaban J connectivity index is 1.89. The number of hydrogen-bond donors (Lipinski definition) is 1. The van der Waals surface area contributed by atoms with Gasteiger partial charge >= 0.3 is 0 Å². The van der Waals surface area contributed by atoms with E-state index in [0.29, 0.717) is 18.1 Å². The first-order valence-corrected chi connectivity index (χ1v) is 8.79. The second-order valence-corrected chi connectivity index (χ2v) is 6.56. The fourth-order valence-electron chi connectivity index (χ4n) is 4.06. The van der Waals surface area contributed by atoms with Gasteiger partial charge < -0.3 is 10.1 Å². The molecule has 1 aromatic rings. The Kier molecular flexibility index (Phi) is 4.97. The van der Waals surface area contributed by atoms with Gasteiger partial charge in [-0.2, -0.15) is 0 Å². The van der Waals surface area contributed by atoms with Crippen LogP contribution in [0.5, 0.6) is 0 Å². The molecule has 1 aliphatic carbocycles. The average molecular weight is 287 g/mol. The van der Waals surface area contributed by atoms with Crippen molar-refractivity contribution in [1.29, 1.82) is 0 Å². The first-order valence-electron chi connectivity index (χ1n) is 8.79. The van der Waals surface area contributed by atoms with Crippen molar-refractivity contribution in [1.82, 2.24) is 5.32 Å². The molecule has 0 bridgehead atoms. The minimum Gasteiger partial charge on any atom is -0.378 e. The van der Waals surface area contributed by atoms with Crippen LogP contribution in [0, 0.1) is 5.92 Å². The molecule has 1 aromatic carbocycles. The lowest BCUT2D eigenvalue weighted by Crippen LogP contribution is -2.34. The van der Waals surface area contributed by atoms with Crippen LogP contribution in [-0.2, 0) is 4.74 Å². The average Bonchev–Trinajstić information content (AvgIpc) is 2.92. The molecule has 116 valence electrons. The quantitative estimate of drug-likeness (QED) is 0.836. The second-order valence-electron chi connectivity index (χ2n) is 6.56. The molecule has 2 nitrogen and oxygen atoms in total. The molecular formula is C19H29NO. The third-order valence-corrected chi connectivity index (χ3v) is 5.39. The predicted molar refractivity (Wildman–Crippen MR) is 87.6 cm³/mol. The van der Waals surface area contributed by atoms with Crippen LogP contribution in [0.15, 0.2) is 24.3 Å². The van der Waals surface area contributed by atoms with E-state index in [4.69, 9.17) is 4.74 Å². The van der Waals surface area contributed by atoms with Crippen LogP contribution in [0.3, 0.4) is 0 Å². The molecule has 3 atom stereocenters. The van der Waals surface area contributed by atoms with Gasteiger partial charge in [-0.1, -0.05) is 44.5 Å². The third-order valence-electron chi connectivity index (χ3n) is 5.39. The normalized spacial score (nSPS) is 27.5. The summed E-state index contributed by atoms with van der Waals surface area (Å²) in [5.41, 5.74) is 3.13. The van der Waals surface area contributed by atoms with Gasteiger partial charge in [-0.15, -0.1) is 0 Å². The Labute approximate surface area is 129 Å². The van der Waals surface area contributed by atoms with Crippen molar-refractivity contribution < 1.29 is 4.74 Å². The topological polar surface area (TPSA) is 21.3 Å². The van der Waals surface area contributed by atoms with Gasteiger partial charge in [-0.05, 0) is 49.3 Å². The SMILES string of the molecule is CCNC(c1ccccc1C1CCC1)C1CCOC1CC. The summed E-state index contributed by atoms with van der Waals surface area (Å²) in [6.45, 7) is 6.42. The van der Waals surface area contributed by atoms with Crippen LogP contribution in [-0.4, -0.2) is 19.3 Å². The van der Waals surface area contributed by atoms with Gasteiger partial charge in [-0.3, -0.25) is 0 Å². The zero-order chi connectivity index (χ0) is 14.7. The summed E-state index contributed by atoms with van der Waals surface area (Å²) in [7, 11) is 0. The fraction of sp³-hybridized carbons (Fsp3) is 0.684. The highest BCUT2D eigenvalue weighted by atomic mass is 16.5. The molecule has 1 heterocycles. The van der Waals surface area contributed by atoms with Gasteiger partial charge in [0.2, 0.25) is 0 Å². The summed E-state index contributed by atoms with van der Waals surface area (Å²) in [4.78, 5) is 0. The van der Waals surface area contributed by atoms with E-state index in [2.05, 4.69) is 43.4 Å². The van der Waals surface area contributed by atoms with Crippen LogP contribution in [0.2, 0.25) is 0 Å². The lowest BCUT2D eigenvalue weighted by atomic mass is 9.75. The second kappa shape index (κ2) is 6.93. The monoisotopic (exact) mass is 287 g/mol. The number of hydrogen-bond acceptors (Lipinski definition) is 2. The Bertz CT molecular complexity index is 455. The molecule has 0 spiro atoms. The molecule has 2 heteroatoms. The molecule has 2 fully saturated rings. The first kappa shape index (κ1) is 15.1. The highest BCUT2D eigenvalue weighted by Gasteiger charge is 2.36. The summed E-state index contributed by atoms with van der Waals surface area (Å²) in [5, 5.41) is 3.77. The van der Waals surface area contributed by atoms with Crippen LogP contribution in [0.1, 0.15) is 69.0 Å². The van der Waals surface area contributed by atoms with E-state index in [1.807, 2.05) is 0 Å². The number of benzene rings is 1. The van der Waals surface area contributed by atoms with E-state index < -0.39 is 0 Å². The molecule has 1 saturated carbocycles. The highest BCUT2D eigenvalue weighted by molar-refractivity contribution is 5.35. The Morgan fingerprint density at radius 2 is 2.00 bits per heavy atom. The minimum absolute atomic E-state index is 0.420. The van der Waals surface area contributed by atoms with E-state index >= 15 is 0 Å². The highest BCUT2D eigenvalue weighted by Crippen LogP contribution is 2.43. The lowest BCUT2D eigenvalue weighted by Gasteiger charge is -2.34. The van der Waals surface area contributed by atoms with Crippen LogP contribution >= 0.6 is 0 Å². The van der Waals surface area contributed by atoms with Crippen molar-refractivity contribution in [3.05, 3.63) is 35.4 Å². The zero-order valence-corrected chi connectivity index (χ0v) is 13.5. The predicted octanol–water partition coefficient (Wildman–Crippen LogP) is 4.42. The maximum absolute atomic E-state index is 5.96. The van der Waals surface area contributed by atoms with Gasteiger partial charge in [0.05, 0.1) is 6.10 Å².